The van der Waals surface area contributed by atoms with E-state index in [0.717, 1.165) is 13.3 Å². The molecule has 11 heavy (non-hydrogen) atoms. The molecule has 0 fully saturated rings. The van der Waals surface area contributed by atoms with Gasteiger partial charge in [0.2, 0.25) is 10.0 Å². The summed E-state index contributed by atoms with van der Waals surface area (Å²) in [6, 6.07) is 0. The minimum Gasteiger partial charge on any atom is -0.324 e. The zero-order chi connectivity index (χ0) is 9.28. The Hall–Kier alpha value is 0.0600. The Morgan fingerprint density at radius 1 is 1.45 bits per heavy atom. The smallest absolute Gasteiger partial charge is 0.324 e. The molecule has 0 atom stereocenters. The van der Waals surface area contributed by atoms with E-state index in [4.69, 9.17) is 9.79 Å². The minimum absolute atomic E-state index is 0.605. The van der Waals surface area contributed by atoms with E-state index >= 15 is 0 Å². The molecule has 6 nitrogen and oxygen atoms in total. The normalized spacial score (nSPS) is 13.9. The fraction of sp³-hybridized carbons (Fsp3) is 1.00. The Labute approximate surface area is 65.0 Å². The summed E-state index contributed by atoms with van der Waals surface area (Å²) in [5.41, 5.74) is 0. The molecule has 0 aliphatic carbocycles. The van der Waals surface area contributed by atoms with Crippen molar-refractivity contribution in [3.63, 3.8) is 0 Å². The van der Waals surface area contributed by atoms with Crippen LogP contribution >= 0.6 is 7.60 Å². The van der Waals surface area contributed by atoms with Crippen LogP contribution in [-0.2, 0) is 14.6 Å². The number of hydrogen-bond donors (Lipinski definition) is 2. The highest BCUT2D eigenvalue weighted by Gasteiger charge is 2.21. The van der Waals surface area contributed by atoms with Crippen LogP contribution in [0.5, 0.6) is 0 Å². The minimum atomic E-state index is -4.27. The van der Waals surface area contributed by atoms with Crippen molar-refractivity contribution in [1.82, 2.24) is 4.31 Å². The van der Waals surface area contributed by atoms with Gasteiger partial charge in [-0.05, 0) is 0 Å². The van der Waals surface area contributed by atoms with Gasteiger partial charge in [-0.25, -0.2) is 8.42 Å². The van der Waals surface area contributed by atoms with Crippen molar-refractivity contribution < 1.29 is 22.8 Å². The standard InChI is InChI=1S/C3H10NO5PS/c1-4(11(2,8)9)3-10(5,6)7/h3H2,1-2H3,(H2,5,6,7). The van der Waals surface area contributed by atoms with Crippen molar-refractivity contribution in [2.24, 2.45) is 0 Å². The van der Waals surface area contributed by atoms with Gasteiger partial charge in [0.05, 0.1) is 6.26 Å². The van der Waals surface area contributed by atoms with Crippen molar-refractivity contribution in [1.29, 1.82) is 0 Å². The van der Waals surface area contributed by atoms with Gasteiger partial charge in [-0.1, -0.05) is 0 Å². The van der Waals surface area contributed by atoms with Gasteiger partial charge in [0.15, 0.2) is 0 Å². The van der Waals surface area contributed by atoms with Gasteiger partial charge in [-0.15, -0.1) is 0 Å². The van der Waals surface area contributed by atoms with Gasteiger partial charge in [0, 0.05) is 7.05 Å². The molecule has 0 heterocycles. The first-order chi connectivity index (χ1) is 4.63. The summed E-state index contributed by atoms with van der Waals surface area (Å²) in [6.07, 6.45) is 0.106. The molecular weight excluding hydrogens is 193 g/mol. The maximum Gasteiger partial charge on any atom is 0.340 e. The first kappa shape index (κ1) is 11.1. The largest absolute Gasteiger partial charge is 0.340 e. The van der Waals surface area contributed by atoms with Crippen LogP contribution < -0.4 is 0 Å². The van der Waals surface area contributed by atoms with Gasteiger partial charge >= 0.3 is 7.60 Å². The number of sulfonamides is 1. The van der Waals surface area contributed by atoms with Gasteiger partial charge in [0.25, 0.3) is 0 Å². The third kappa shape index (κ3) is 5.34. The molecule has 8 heteroatoms. The fourth-order valence-corrected chi connectivity index (χ4v) is 2.17. The van der Waals surface area contributed by atoms with Crippen molar-refractivity contribution in [2.45, 2.75) is 0 Å². The van der Waals surface area contributed by atoms with Crippen molar-refractivity contribution in [3.05, 3.63) is 0 Å². The number of rotatable bonds is 3. The number of hydrogen-bond acceptors (Lipinski definition) is 3. The third-order valence-electron chi connectivity index (χ3n) is 0.950. The third-order valence-corrected chi connectivity index (χ3v) is 3.20. The van der Waals surface area contributed by atoms with E-state index in [1.165, 1.54) is 0 Å². The van der Waals surface area contributed by atoms with Gasteiger partial charge < -0.3 is 9.79 Å². The molecule has 2 N–H and O–H groups in total. The molecule has 0 saturated heterocycles. The highest BCUT2D eigenvalue weighted by atomic mass is 32.2. The predicted molar refractivity (Wildman–Crippen MR) is 39.5 cm³/mol. The highest BCUT2D eigenvalue weighted by Crippen LogP contribution is 2.35. The summed E-state index contributed by atoms with van der Waals surface area (Å²) in [5, 5.41) is 0. The van der Waals surface area contributed by atoms with E-state index in [1.807, 2.05) is 0 Å². The van der Waals surface area contributed by atoms with Crippen LogP contribution in [0.15, 0.2) is 0 Å². The molecular formula is C3H10NO5PS. The van der Waals surface area contributed by atoms with Crippen molar-refractivity contribution in [3.8, 4) is 0 Å². The Bertz CT molecular complexity index is 265. The van der Waals surface area contributed by atoms with Crippen molar-refractivity contribution >= 4 is 17.6 Å². The van der Waals surface area contributed by atoms with Crippen molar-refractivity contribution in [2.75, 3.05) is 19.6 Å². The van der Waals surface area contributed by atoms with E-state index in [0.29, 0.717) is 4.31 Å². The molecule has 0 aromatic heterocycles. The molecule has 0 radical (unpaired) electrons. The lowest BCUT2D eigenvalue weighted by Gasteiger charge is -2.13. The second kappa shape index (κ2) is 3.20. The molecule has 0 aromatic rings. The maximum atomic E-state index is 10.6. The molecule has 0 spiro atoms. The molecule has 0 amide bonds. The zero-order valence-corrected chi connectivity index (χ0v) is 7.84. The van der Waals surface area contributed by atoms with Gasteiger partial charge in [-0.3, -0.25) is 4.57 Å². The highest BCUT2D eigenvalue weighted by molar-refractivity contribution is 7.88. The molecule has 0 aromatic carbocycles. The average molecular weight is 203 g/mol. The molecule has 0 saturated carbocycles. The van der Waals surface area contributed by atoms with Crippen LogP contribution in [0.4, 0.5) is 0 Å². The second-order valence-electron chi connectivity index (χ2n) is 2.17. The van der Waals surface area contributed by atoms with Crippen LogP contribution in [0.25, 0.3) is 0 Å². The van der Waals surface area contributed by atoms with E-state index in [-0.39, 0.29) is 0 Å². The van der Waals surface area contributed by atoms with E-state index < -0.39 is 23.9 Å². The predicted octanol–water partition coefficient (Wildman–Crippen LogP) is -0.987. The van der Waals surface area contributed by atoms with E-state index in [9.17, 15) is 13.0 Å². The summed E-state index contributed by atoms with van der Waals surface area (Å²) in [4.78, 5) is 16.7. The van der Waals surface area contributed by atoms with Crippen LogP contribution in [0.3, 0.4) is 0 Å². The summed E-state index contributed by atoms with van der Waals surface area (Å²) in [7, 11) is -6.66. The molecule has 0 bridgehead atoms. The van der Waals surface area contributed by atoms with Crippen LogP contribution in [-0.4, -0.2) is 42.1 Å². The van der Waals surface area contributed by atoms with Crippen LogP contribution in [0.2, 0.25) is 0 Å². The zero-order valence-electron chi connectivity index (χ0n) is 6.13. The lowest BCUT2D eigenvalue weighted by atomic mass is 11.2. The Morgan fingerprint density at radius 3 is 1.91 bits per heavy atom. The molecule has 0 rings (SSSR count). The number of nitrogens with zero attached hydrogens (tertiary/aromatic N) is 1. The Kier molecular flexibility index (Phi) is 3.22. The first-order valence-electron chi connectivity index (χ1n) is 2.59. The lowest BCUT2D eigenvalue weighted by Crippen LogP contribution is -2.26. The molecule has 68 valence electrons. The van der Waals surface area contributed by atoms with Gasteiger partial charge in [0.1, 0.15) is 6.29 Å². The quantitative estimate of drug-likeness (QED) is 0.574. The SMILES string of the molecule is CN(CP(=O)(O)O)S(C)(=O)=O. The van der Waals surface area contributed by atoms with Crippen LogP contribution in [0, 0.1) is 0 Å². The lowest BCUT2D eigenvalue weighted by molar-refractivity contribution is 0.354. The van der Waals surface area contributed by atoms with E-state index in [2.05, 4.69) is 0 Å². The van der Waals surface area contributed by atoms with Crippen LogP contribution in [0.1, 0.15) is 0 Å². The summed E-state index contributed by atoms with van der Waals surface area (Å²) < 4.78 is 32.1. The summed E-state index contributed by atoms with van der Waals surface area (Å²) >= 11 is 0. The fourth-order valence-electron chi connectivity index (χ4n) is 0.364. The maximum absolute atomic E-state index is 10.6. The summed E-state index contributed by atoms with van der Waals surface area (Å²) in [5.74, 6) is 0. The molecule has 0 aliphatic heterocycles. The Morgan fingerprint density at radius 2 is 1.82 bits per heavy atom. The Balaban J connectivity index is 4.34. The van der Waals surface area contributed by atoms with E-state index in [1.54, 1.807) is 0 Å². The monoisotopic (exact) mass is 203 g/mol. The second-order valence-corrected chi connectivity index (χ2v) is 5.87. The summed E-state index contributed by atoms with van der Waals surface area (Å²) in [6.45, 7) is 0. The average Bonchev–Trinajstić information content (AvgIpc) is 1.56. The topological polar surface area (TPSA) is 94.9 Å². The molecule has 0 unspecified atom stereocenters. The molecule has 0 aliphatic rings. The van der Waals surface area contributed by atoms with Gasteiger partial charge in [-0.2, -0.15) is 4.31 Å². The first-order valence-corrected chi connectivity index (χ1v) is 6.23.